The van der Waals surface area contributed by atoms with E-state index in [4.69, 9.17) is 4.74 Å². The van der Waals surface area contributed by atoms with Gasteiger partial charge in [0.25, 0.3) is 11.6 Å². The molecule has 1 N–H and O–H groups in total. The molecule has 1 atom stereocenters. The van der Waals surface area contributed by atoms with Crippen LogP contribution < -0.4 is 10.2 Å². The highest BCUT2D eigenvalue weighted by molar-refractivity contribution is 5.93. The van der Waals surface area contributed by atoms with E-state index in [-0.39, 0.29) is 23.2 Å². The molecule has 1 saturated heterocycles. The maximum absolute atomic E-state index is 12.2. The Labute approximate surface area is 165 Å². The van der Waals surface area contributed by atoms with Crippen molar-refractivity contribution in [1.82, 2.24) is 5.32 Å². The Hall–Kier alpha value is -2.64. The number of unbranched alkanes of at least 4 members (excludes halogenated alkanes) is 2. The number of rotatable bonds is 10. The first kappa shape index (κ1) is 21.7. The van der Waals surface area contributed by atoms with E-state index in [0.717, 1.165) is 51.6 Å². The van der Waals surface area contributed by atoms with E-state index in [1.807, 2.05) is 11.8 Å². The lowest BCUT2D eigenvalue weighted by atomic mass is 10.1. The molecule has 0 aliphatic carbocycles. The third kappa shape index (κ3) is 6.21. The van der Waals surface area contributed by atoms with Gasteiger partial charge in [0.05, 0.1) is 10.5 Å². The van der Waals surface area contributed by atoms with Crippen molar-refractivity contribution >= 4 is 23.3 Å². The summed E-state index contributed by atoms with van der Waals surface area (Å²) in [6, 6.07) is 4.32. The first-order chi connectivity index (χ1) is 13.4. The zero-order chi connectivity index (χ0) is 20.5. The van der Waals surface area contributed by atoms with Crippen LogP contribution in [0.1, 0.15) is 62.7 Å². The summed E-state index contributed by atoms with van der Waals surface area (Å²) in [5, 5.41) is 14.2. The fourth-order valence-electron chi connectivity index (χ4n) is 3.33. The van der Waals surface area contributed by atoms with Gasteiger partial charge in [-0.15, -0.1) is 0 Å². The van der Waals surface area contributed by atoms with Crippen LogP contribution >= 0.6 is 0 Å². The Morgan fingerprint density at radius 3 is 2.64 bits per heavy atom. The standard InChI is InChI=1S/C20H29N3O5/c1-3-4-5-8-15(2)21-19(24)14-28-20(25)16-9-10-17(18(13-16)23(26)27)22-11-6-7-12-22/h9-10,13,15H,3-8,11-12,14H2,1-2H3,(H,21,24)/t15-/m0/s1. The number of hydrogen-bond acceptors (Lipinski definition) is 6. The number of carbonyl (C=O) groups excluding carboxylic acids is 2. The van der Waals surface area contributed by atoms with E-state index in [2.05, 4.69) is 12.2 Å². The summed E-state index contributed by atoms with van der Waals surface area (Å²) >= 11 is 0. The van der Waals surface area contributed by atoms with Crippen LogP contribution in [0.25, 0.3) is 0 Å². The van der Waals surface area contributed by atoms with Gasteiger partial charge in [0.2, 0.25) is 0 Å². The van der Waals surface area contributed by atoms with Crippen LogP contribution in [-0.2, 0) is 9.53 Å². The largest absolute Gasteiger partial charge is 0.452 e. The first-order valence-electron chi connectivity index (χ1n) is 9.92. The number of ether oxygens (including phenoxy) is 1. The molecule has 1 aromatic rings. The summed E-state index contributed by atoms with van der Waals surface area (Å²) in [4.78, 5) is 37.0. The van der Waals surface area contributed by atoms with E-state index >= 15 is 0 Å². The van der Waals surface area contributed by atoms with Crippen molar-refractivity contribution in [2.45, 2.75) is 58.4 Å². The first-order valence-corrected chi connectivity index (χ1v) is 9.92. The number of amides is 1. The monoisotopic (exact) mass is 391 g/mol. The van der Waals surface area contributed by atoms with Crippen LogP contribution in [0.2, 0.25) is 0 Å². The van der Waals surface area contributed by atoms with Crippen LogP contribution in [0.5, 0.6) is 0 Å². The molecule has 0 bridgehead atoms. The molecule has 0 unspecified atom stereocenters. The van der Waals surface area contributed by atoms with E-state index < -0.39 is 17.5 Å². The Morgan fingerprint density at radius 2 is 2.00 bits per heavy atom. The number of esters is 1. The topological polar surface area (TPSA) is 102 Å². The number of nitrogens with zero attached hydrogens (tertiary/aromatic N) is 2. The molecule has 28 heavy (non-hydrogen) atoms. The molecule has 0 aromatic heterocycles. The predicted octanol–water partition coefficient (Wildman–Crippen LogP) is 3.44. The van der Waals surface area contributed by atoms with Gasteiger partial charge in [-0.25, -0.2) is 4.79 Å². The van der Waals surface area contributed by atoms with Crippen molar-refractivity contribution in [3.63, 3.8) is 0 Å². The number of carbonyl (C=O) groups is 2. The summed E-state index contributed by atoms with van der Waals surface area (Å²) in [5.74, 6) is -1.12. The summed E-state index contributed by atoms with van der Waals surface area (Å²) in [6.45, 7) is 5.15. The molecule has 1 aliphatic rings. The average molecular weight is 391 g/mol. The molecular formula is C20H29N3O5. The third-order valence-corrected chi connectivity index (χ3v) is 4.84. The Balaban J connectivity index is 1.92. The molecule has 8 heteroatoms. The number of benzene rings is 1. The smallest absolute Gasteiger partial charge is 0.338 e. The second kappa shape index (κ2) is 10.6. The van der Waals surface area contributed by atoms with Gasteiger partial charge in [0.1, 0.15) is 5.69 Å². The zero-order valence-corrected chi connectivity index (χ0v) is 16.6. The maximum atomic E-state index is 12.2. The van der Waals surface area contributed by atoms with Crippen LogP contribution in [0, 0.1) is 10.1 Å². The molecule has 8 nitrogen and oxygen atoms in total. The maximum Gasteiger partial charge on any atom is 0.338 e. The lowest BCUT2D eigenvalue weighted by Gasteiger charge is -2.17. The molecule has 1 aliphatic heterocycles. The highest BCUT2D eigenvalue weighted by atomic mass is 16.6. The van der Waals surface area contributed by atoms with Gasteiger partial charge in [-0.05, 0) is 38.3 Å². The SMILES string of the molecule is CCCCC[C@H](C)NC(=O)COC(=O)c1ccc(N2CCCC2)c([N+](=O)[O-])c1. The molecule has 154 valence electrons. The molecule has 1 aromatic carbocycles. The highest BCUT2D eigenvalue weighted by Gasteiger charge is 2.24. The lowest BCUT2D eigenvalue weighted by Crippen LogP contribution is -2.35. The summed E-state index contributed by atoms with van der Waals surface area (Å²) in [5.41, 5.74) is 0.460. The molecule has 0 saturated carbocycles. The van der Waals surface area contributed by atoms with Gasteiger partial charge in [-0.2, -0.15) is 0 Å². The molecule has 1 amide bonds. The summed E-state index contributed by atoms with van der Waals surface area (Å²) in [7, 11) is 0. The number of hydrogen-bond donors (Lipinski definition) is 1. The normalized spacial score (nSPS) is 14.6. The van der Waals surface area contributed by atoms with Crippen molar-refractivity contribution in [1.29, 1.82) is 0 Å². The number of nitrogens with one attached hydrogen (secondary N) is 1. The van der Waals surface area contributed by atoms with E-state index in [1.165, 1.54) is 12.1 Å². The minimum absolute atomic E-state index is 0.0126. The second-order valence-electron chi connectivity index (χ2n) is 7.20. The second-order valence-corrected chi connectivity index (χ2v) is 7.20. The summed E-state index contributed by atoms with van der Waals surface area (Å²) < 4.78 is 5.03. The number of nitro benzene ring substituents is 1. The van der Waals surface area contributed by atoms with E-state index in [1.54, 1.807) is 6.07 Å². The summed E-state index contributed by atoms with van der Waals surface area (Å²) in [6.07, 6.45) is 6.12. The van der Waals surface area contributed by atoms with Crippen molar-refractivity contribution < 1.29 is 19.2 Å². The molecule has 2 rings (SSSR count). The lowest BCUT2D eigenvalue weighted by molar-refractivity contribution is -0.384. The van der Waals surface area contributed by atoms with Crippen LogP contribution in [0.15, 0.2) is 18.2 Å². The molecule has 1 heterocycles. The number of nitro groups is 1. The third-order valence-electron chi connectivity index (χ3n) is 4.84. The Kier molecular flexibility index (Phi) is 8.22. The molecule has 1 fully saturated rings. The van der Waals surface area contributed by atoms with Crippen molar-refractivity contribution in [2.24, 2.45) is 0 Å². The zero-order valence-electron chi connectivity index (χ0n) is 16.6. The van der Waals surface area contributed by atoms with Crippen molar-refractivity contribution in [3.8, 4) is 0 Å². The molecular weight excluding hydrogens is 362 g/mol. The van der Waals surface area contributed by atoms with Gasteiger partial charge in [0.15, 0.2) is 6.61 Å². The quantitative estimate of drug-likeness (QED) is 0.284. The van der Waals surface area contributed by atoms with E-state index in [9.17, 15) is 19.7 Å². The Morgan fingerprint density at radius 1 is 1.29 bits per heavy atom. The van der Waals surface area contributed by atoms with Crippen LogP contribution in [0.4, 0.5) is 11.4 Å². The number of anilines is 1. The highest BCUT2D eigenvalue weighted by Crippen LogP contribution is 2.31. The van der Waals surface area contributed by atoms with Gasteiger partial charge in [-0.1, -0.05) is 26.2 Å². The minimum Gasteiger partial charge on any atom is -0.452 e. The Bertz CT molecular complexity index is 701. The fraction of sp³-hybridized carbons (Fsp3) is 0.600. The van der Waals surface area contributed by atoms with Gasteiger partial charge in [-0.3, -0.25) is 14.9 Å². The van der Waals surface area contributed by atoms with Crippen LogP contribution in [-0.4, -0.2) is 42.5 Å². The van der Waals surface area contributed by atoms with Gasteiger partial charge >= 0.3 is 5.97 Å². The van der Waals surface area contributed by atoms with Crippen molar-refractivity contribution in [3.05, 3.63) is 33.9 Å². The van der Waals surface area contributed by atoms with Gasteiger partial charge in [0, 0.05) is 25.2 Å². The van der Waals surface area contributed by atoms with E-state index in [0.29, 0.717) is 5.69 Å². The minimum atomic E-state index is -0.746. The average Bonchev–Trinajstić information content (AvgIpc) is 3.20. The molecule has 0 spiro atoms. The predicted molar refractivity (Wildman–Crippen MR) is 107 cm³/mol. The van der Waals surface area contributed by atoms with Gasteiger partial charge < -0.3 is 15.0 Å². The molecule has 0 radical (unpaired) electrons. The fourth-order valence-corrected chi connectivity index (χ4v) is 3.33. The van der Waals surface area contributed by atoms with Crippen molar-refractivity contribution in [2.75, 3.05) is 24.6 Å². The van der Waals surface area contributed by atoms with Crippen LogP contribution in [0.3, 0.4) is 0 Å².